The van der Waals surface area contributed by atoms with Crippen molar-refractivity contribution in [2.45, 2.75) is 161 Å². The van der Waals surface area contributed by atoms with Gasteiger partial charge < -0.3 is 68.1 Å². The number of ether oxygens (including phenoxy) is 6. The molecule has 480 valence electrons. The van der Waals surface area contributed by atoms with Crippen LogP contribution in [-0.4, -0.2) is 158 Å². The fourth-order valence-electron chi connectivity index (χ4n) is 8.64. The van der Waals surface area contributed by atoms with E-state index in [1.165, 1.54) is 51.5 Å². The Morgan fingerprint density at radius 1 is 0.644 bits per heavy atom. The smallest absolute Gasteiger partial charge is 0.411 e. The Morgan fingerprint density at radius 2 is 1.13 bits per heavy atom. The minimum absolute atomic E-state index is 0.00147. The van der Waals surface area contributed by atoms with Crippen LogP contribution < -0.4 is 45.5 Å². The molecule has 2 aliphatic rings. The quantitative estimate of drug-likeness (QED) is 0.0206. The predicted molar refractivity (Wildman–Crippen MR) is 337 cm³/mol. The van der Waals surface area contributed by atoms with Crippen LogP contribution in [0.2, 0.25) is 36.3 Å². The zero-order chi connectivity index (χ0) is 64.6. The summed E-state index contributed by atoms with van der Waals surface area (Å²) in [6.07, 6.45) is 1.68. The van der Waals surface area contributed by atoms with Crippen molar-refractivity contribution >= 4 is 75.6 Å². The van der Waals surface area contributed by atoms with E-state index in [0.717, 1.165) is 12.8 Å². The first-order chi connectivity index (χ1) is 40.8. The molecule has 0 aromatic heterocycles. The molecule has 3 aromatic carbocycles. The number of carbonyl (C=O) groups is 7. The third kappa shape index (κ3) is 19.6. The molecule has 7 amide bonds. The molecule has 0 spiro atoms. The SMILES string of the molecule is C=CCOC(=O)NC(C(=O)NC(C)C(=O)Nc1ccc(COC(=O)Nc2cc(OCCCCCOc3cc(NC(=O)O)c(C(=O)N4CCC4CO[Si](C)(C)C(C)(C)C)cc3OC)c(OC)cc2C(=O)N2CCC2CO[Si](C)(C)C(C)(C)C)cc1)C(C)C. The Morgan fingerprint density at radius 3 is 1.54 bits per heavy atom. The Bertz CT molecular complexity index is 2910. The molecule has 2 fully saturated rings. The van der Waals surface area contributed by atoms with Gasteiger partial charge in [-0.2, -0.15) is 0 Å². The second kappa shape index (κ2) is 31.0. The number of rotatable bonds is 30. The van der Waals surface area contributed by atoms with Gasteiger partial charge in [-0.25, -0.2) is 14.4 Å². The van der Waals surface area contributed by atoms with E-state index in [0.29, 0.717) is 56.8 Å². The second-order valence-corrected chi connectivity index (χ2v) is 34.8. The summed E-state index contributed by atoms with van der Waals surface area (Å²) in [6, 6.07) is 10.3. The summed E-state index contributed by atoms with van der Waals surface area (Å²) in [4.78, 5) is 95.6. The first-order valence-electron chi connectivity index (χ1n) is 29.6. The molecule has 87 heavy (non-hydrogen) atoms. The van der Waals surface area contributed by atoms with Crippen LogP contribution in [0.25, 0.3) is 0 Å². The molecular weight excluding hydrogens is 1150 g/mol. The summed E-state index contributed by atoms with van der Waals surface area (Å²) in [5.41, 5.74) is 1.48. The van der Waals surface area contributed by atoms with Crippen LogP contribution in [0.4, 0.5) is 31.4 Å². The van der Waals surface area contributed by atoms with Crippen molar-refractivity contribution in [1.29, 1.82) is 0 Å². The normalized spacial score (nSPS) is 15.8. The first-order valence-corrected chi connectivity index (χ1v) is 35.4. The maximum atomic E-state index is 14.4. The molecule has 4 unspecified atom stereocenters. The number of carbonyl (C=O) groups excluding carboxylic acids is 6. The van der Waals surface area contributed by atoms with Crippen molar-refractivity contribution in [3.05, 3.63) is 77.9 Å². The van der Waals surface area contributed by atoms with Gasteiger partial charge in [0.15, 0.2) is 39.6 Å². The molecule has 0 saturated carbocycles. The number of likely N-dealkylation sites (tertiary alicyclic amines) is 2. The molecule has 5 rings (SSSR count). The molecule has 0 bridgehead atoms. The van der Waals surface area contributed by atoms with E-state index in [9.17, 15) is 38.7 Å². The topological polar surface area (TPSA) is 280 Å². The molecule has 2 saturated heterocycles. The molecule has 2 aliphatic heterocycles. The molecule has 3 aromatic rings. The molecule has 0 radical (unpaired) electrons. The van der Waals surface area contributed by atoms with Gasteiger partial charge in [0.25, 0.3) is 11.8 Å². The fourth-order valence-corrected chi connectivity index (χ4v) is 10.7. The van der Waals surface area contributed by atoms with Crippen molar-refractivity contribution in [2.75, 3.05) is 76.3 Å². The van der Waals surface area contributed by atoms with Crippen LogP contribution >= 0.6 is 0 Å². The zero-order valence-corrected chi connectivity index (χ0v) is 55.4. The van der Waals surface area contributed by atoms with Crippen LogP contribution in [0.3, 0.4) is 0 Å². The number of benzene rings is 3. The summed E-state index contributed by atoms with van der Waals surface area (Å²) >= 11 is 0. The Kier molecular flexibility index (Phi) is 25.1. The molecule has 0 aliphatic carbocycles. The Labute approximate surface area is 514 Å². The molecule has 4 atom stereocenters. The van der Waals surface area contributed by atoms with E-state index in [2.05, 4.69) is 101 Å². The van der Waals surface area contributed by atoms with Crippen molar-refractivity contribution in [3.63, 3.8) is 0 Å². The lowest BCUT2D eigenvalue weighted by Gasteiger charge is -2.44. The highest BCUT2D eigenvalue weighted by Crippen LogP contribution is 2.41. The number of carboxylic acid groups (broad SMARTS) is 1. The summed E-state index contributed by atoms with van der Waals surface area (Å²) < 4.78 is 47.3. The molecular formula is C62H93N7O16Si2. The highest BCUT2D eigenvalue weighted by atomic mass is 28.4. The van der Waals surface area contributed by atoms with Crippen LogP contribution in [0, 0.1) is 5.92 Å². The molecule has 2 heterocycles. The number of methoxy groups -OCH3 is 2. The highest BCUT2D eigenvalue weighted by molar-refractivity contribution is 6.74. The average Bonchev–Trinajstić information content (AvgIpc) is 1.14. The lowest BCUT2D eigenvalue weighted by Crippen LogP contribution is -2.55. The van der Waals surface area contributed by atoms with Crippen LogP contribution in [0.15, 0.2) is 61.2 Å². The van der Waals surface area contributed by atoms with Crippen molar-refractivity contribution in [3.8, 4) is 23.0 Å². The van der Waals surface area contributed by atoms with E-state index in [4.69, 9.17) is 37.3 Å². The predicted octanol–water partition coefficient (Wildman–Crippen LogP) is 11.0. The van der Waals surface area contributed by atoms with E-state index in [-0.39, 0.29) is 112 Å². The maximum Gasteiger partial charge on any atom is 0.411 e. The number of hydrogen-bond donors (Lipinski definition) is 6. The summed E-state index contributed by atoms with van der Waals surface area (Å²) in [5, 5.41) is 22.7. The van der Waals surface area contributed by atoms with E-state index >= 15 is 0 Å². The van der Waals surface area contributed by atoms with Gasteiger partial charge in [-0.3, -0.25) is 29.8 Å². The Balaban J connectivity index is 1.22. The first kappa shape index (κ1) is 70.4. The summed E-state index contributed by atoms with van der Waals surface area (Å²) in [5.74, 6) is -1.02. The summed E-state index contributed by atoms with van der Waals surface area (Å²) in [6.45, 7) is 32.1. The van der Waals surface area contributed by atoms with E-state index < -0.39 is 58.8 Å². The number of hydrogen-bond acceptors (Lipinski definition) is 15. The van der Waals surface area contributed by atoms with Crippen LogP contribution in [0.5, 0.6) is 23.0 Å². The van der Waals surface area contributed by atoms with Crippen molar-refractivity contribution < 1.29 is 75.9 Å². The zero-order valence-electron chi connectivity index (χ0n) is 53.4. The van der Waals surface area contributed by atoms with E-state index in [1.807, 2.05) is 0 Å². The van der Waals surface area contributed by atoms with Gasteiger partial charge in [0.2, 0.25) is 11.8 Å². The van der Waals surface area contributed by atoms with Gasteiger partial charge in [-0.15, -0.1) is 0 Å². The monoisotopic (exact) mass is 1250 g/mol. The van der Waals surface area contributed by atoms with Gasteiger partial charge in [0.05, 0.1) is 75.2 Å². The maximum absolute atomic E-state index is 14.4. The van der Waals surface area contributed by atoms with Crippen molar-refractivity contribution in [1.82, 2.24) is 20.4 Å². The standard InChI is InChI=1S/C62H93N7O16Si2/c1-17-29-82-60(77)67-53(39(2)3)55(71)63-40(4)54(70)64-42-23-21-41(22-24-42)36-83-59(76)66-48-35-52(50(79-12)33-46(48)57(73)69-28-26-44(69)38-85-87(15,16)62(8,9)10)81-31-20-18-19-30-80-51-34-47(65-58(74)75)45(32-49(51)78-11)56(72)68-27-25-43(68)37-84-86(13,14)61(5,6)7/h17,21-24,32-35,39-40,43-44,53,65H,1,18-20,25-31,36-38H2,2-16H3,(H,63,71)(H,64,70)(H,66,76)(H,67,77)(H,74,75). The lowest BCUT2D eigenvalue weighted by atomic mass is 10.0. The third-order valence-electron chi connectivity index (χ3n) is 16.4. The average molecular weight is 1250 g/mol. The number of alkyl carbamates (subject to hydrolysis) is 1. The Hall–Kier alpha value is -7.36. The van der Waals surface area contributed by atoms with E-state index in [1.54, 1.807) is 47.9 Å². The van der Waals surface area contributed by atoms with Crippen molar-refractivity contribution in [2.24, 2.45) is 5.92 Å². The summed E-state index contributed by atoms with van der Waals surface area (Å²) in [7, 11) is -1.30. The van der Waals surface area contributed by atoms with Crippen LogP contribution in [0.1, 0.15) is 121 Å². The number of nitrogens with zero attached hydrogens (tertiary/aromatic N) is 2. The largest absolute Gasteiger partial charge is 0.493 e. The van der Waals surface area contributed by atoms with Gasteiger partial charge >= 0.3 is 18.3 Å². The number of unbranched alkanes of at least 4 members (excludes halogenated alkanes) is 2. The molecule has 23 nitrogen and oxygen atoms in total. The van der Waals surface area contributed by atoms with Gasteiger partial charge in [-0.05, 0) is 111 Å². The lowest BCUT2D eigenvalue weighted by molar-refractivity contribution is -0.128. The molecule has 25 heteroatoms. The number of nitrogens with one attached hydrogen (secondary N) is 5. The van der Waals surface area contributed by atoms with Gasteiger partial charge in [0, 0.05) is 30.9 Å². The minimum Gasteiger partial charge on any atom is -0.493 e. The van der Waals surface area contributed by atoms with Gasteiger partial charge in [0.1, 0.15) is 25.3 Å². The fraction of sp³-hybridized carbons (Fsp3) is 0.565. The minimum atomic E-state index is -2.13. The second-order valence-electron chi connectivity index (χ2n) is 25.2. The van der Waals surface area contributed by atoms with Gasteiger partial charge in [-0.1, -0.05) is 80.2 Å². The molecule has 6 N–H and O–H groups in total. The number of anilines is 3. The highest BCUT2D eigenvalue weighted by Gasteiger charge is 2.43. The number of amides is 7. The van der Waals surface area contributed by atoms with Crippen LogP contribution in [-0.2, 0) is 34.5 Å². The third-order valence-corrected chi connectivity index (χ3v) is 25.4.